The van der Waals surface area contributed by atoms with Gasteiger partial charge in [-0.05, 0) is 44.5 Å². The number of carbonyl (C=O) groups excluding carboxylic acids is 1. The third kappa shape index (κ3) is 5.77. The normalized spacial score (nSPS) is 16.5. The number of hydrogen-bond acceptors (Lipinski definition) is 5. The number of halogens is 3. The average Bonchev–Trinajstić information content (AvgIpc) is 2.52. The molecule has 1 aromatic rings. The predicted molar refractivity (Wildman–Crippen MR) is 89.3 cm³/mol. The molecule has 0 aliphatic carbocycles. The molecule has 2 rings (SSSR count). The van der Waals surface area contributed by atoms with Gasteiger partial charge >= 0.3 is 12.3 Å². The van der Waals surface area contributed by atoms with Gasteiger partial charge < -0.3 is 14.5 Å². The molecule has 0 spiro atoms. The second-order valence-corrected chi connectivity index (χ2v) is 7.22. The van der Waals surface area contributed by atoms with Crippen LogP contribution < -0.4 is 10.7 Å². The van der Waals surface area contributed by atoms with Gasteiger partial charge in [0.1, 0.15) is 11.4 Å². The lowest BCUT2D eigenvalue weighted by Gasteiger charge is -2.35. The Morgan fingerprint density at radius 2 is 1.73 bits per heavy atom. The summed E-state index contributed by atoms with van der Waals surface area (Å²) >= 11 is 0. The van der Waals surface area contributed by atoms with Gasteiger partial charge in [0.2, 0.25) is 0 Å². The van der Waals surface area contributed by atoms with Crippen LogP contribution in [-0.2, 0) is 17.5 Å². The van der Waals surface area contributed by atoms with Crippen LogP contribution in [0.5, 0.6) is 5.75 Å². The lowest BCUT2D eigenvalue weighted by Crippen LogP contribution is -2.49. The summed E-state index contributed by atoms with van der Waals surface area (Å²) in [5.41, 5.74) is -0.918. The maximum Gasteiger partial charge on any atom is 0.416 e. The number of rotatable bonds is 3. The summed E-state index contributed by atoms with van der Waals surface area (Å²) in [5, 5.41) is 0. The summed E-state index contributed by atoms with van der Waals surface area (Å²) in [7, 11) is 0. The van der Waals surface area contributed by atoms with Crippen molar-refractivity contribution in [3.63, 3.8) is 0 Å². The number of nitrogens with two attached hydrogens (primary N) is 1. The van der Waals surface area contributed by atoms with Crippen molar-refractivity contribution in [1.29, 1.82) is 0 Å². The first-order valence-electron chi connectivity index (χ1n) is 8.26. The smallest absolute Gasteiger partial charge is 0.416 e. The van der Waals surface area contributed by atoms with E-state index in [0.717, 1.165) is 12.1 Å². The van der Waals surface area contributed by atoms with Crippen molar-refractivity contribution in [2.75, 3.05) is 26.2 Å². The van der Waals surface area contributed by atoms with Gasteiger partial charge in [-0.15, -0.1) is 0 Å². The van der Waals surface area contributed by atoms with Crippen molar-refractivity contribution >= 4 is 6.09 Å². The Labute approximate surface area is 150 Å². The Morgan fingerprint density at radius 1 is 1.12 bits per heavy atom. The second-order valence-electron chi connectivity index (χ2n) is 7.22. The number of amides is 1. The first-order chi connectivity index (χ1) is 12.0. The van der Waals surface area contributed by atoms with Crippen molar-refractivity contribution in [3.8, 4) is 5.75 Å². The molecule has 2 N–H and O–H groups in total. The quantitative estimate of drug-likeness (QED) is 0.823. The standard InChI is InChI=1S/C17H24F3N3O3/c1-16(2,3)25-15(24)23-6-4-22(5-7-23)11-12-8-13(17(18,19)20)10-14(9-12)26-21/h8-10H,4-7,11,21H2,1-3H3. The Bertz CT molecular complexity index is 636. The van der Waals surface area contributed by atoms with E-state index in [9.17, 15) is 18.0 Å². The monoisotopic (exact) mass is 375 g/mol. The zero-order valence-electron chi connectivity index (χ0n) is 15.1. The van der Waals surface area contributed by atoms with E-state index in [1.807, 2.05) is 4.90 Å². The fraction of sp³-hybridized carbons (Fsp3) is 0.588. The summed E-state index contributed by atoms with van der Waals surface area (Å²) in [5.74, 6) is 4.99. The van der Waals surface area contributed by atoms with E-state index in [1.165, 1.54) is 6.07 Å². The minimum atomic E-state index is -4.47. The number of alkyl halides is 3. The summed E-state index contributed by atoms with van der Waals surface area (Å²) in [4.78, 5) is 20.1. The number of benzene rings is 1. The Morgan fingerprint density at radius 3 is 2.23 bits per heavy atom. The largest absolute Gasteiger partial charge is 0.444 e. The zero-order valence-corrected chi connectivity index (χ0v) is 15.1. The molecular formula is C17H24F3N3O3. The molecule has 0 unspecified atom stereocenters. The minimum Gasteiger partial charge on any atom is -0.444 e. The summed E-state index contributed by atoms with van der Waals surface area (Å²) in [6.45, 7) is 7.68. The van der Waals surface area contributed by atoms with Crippen LogP contribution in [0.25, 0.3) is 0 Å². The molecular weight excluding hydrogens is 351 g/mol. The Hall–Kier alpha value is -2.00. The first kappa shape index (κ1) is 20.3. The summed E-state index contributed by atoms with van der Waals surface area (Å²) in [6.07, 6.45) is -4.85. The highest BCUT2D eigenvalue weighted by molar-refractivity contribution is 5.68. The van der Waals surface area contributed by atoms with Crippen molar-refractivity contribution in [2.24, 2.45) is 5.90 Å². The number of piperazine rings is 1. The summed E-state index contributed by atoms with van der Waals surface area (Å²) < 4.78 is 44.2. The number of nitrogens with zero attached hydrogens (tertiary/aromatic N) is 2. The van der Waals surface area contributed by atoms with Crippen molar-refractivity contribution in [2.45, 2.75) is 39.1 Å². The minimum absolute atomic E-state index is 0.0396. The third-order valence-corrected chi connectivity index (χ3v) is 3.86. The van der Waals surface area contributed by atoms with Crippen LogP contribution in [0.3, 0.4) is 0 Å². The van der Waals surface area contributed by atoms with E-state index in [-0.39, 0.29) is 11.8 Å². The average molecular weight is 375 g/mol. The van der Waals surface area contributed by atoms with E-state index < -0.39 is 17.3 Å². The zero-order chi connectivity index (χ0) is 19.5. The fourth-order valence-electron chi connectivity index (χ4n) is 2.66. The molecule has 26 heavy (non-hydrogen) atoms. The molecule has 1 amide bonds. The molecule has 146 valence electrons. The van der Waals surface area contributed by atoms with Crippen LogP contribution in [0.2, 0.25) is 0 Å². The highest BCUT2D eigenvalue weighted by atomic mass is 19.4. The van der Waals surface area contributed by atoms with E-state index >= 15 is 0 Å². The lowest BCUT2D eigenvalue weighted by atomic mass is 10.1. The molecule has 1 aliphatic heterocycles. The molecule has 1 fully saturated rings. The third-order valence-electron chi connectivity index (χ3n) is 3.86. The fourth-order valence-corrected chi connectivity index (χ4v) is 2.66. The molecule has 0 atom stereocenters. The predicted octanol–water partition coefficient (Wildman–Crippen LogP) is 3.01. The van der Waals surface area contributed by atoms with Gasteiger partial charge in [-0.1, -0.05) is 0 Å². The molecule has 1 heterocycles. The van der Waals surface area contributed by atoms with E-state index in [4.69, 9.17) is 10.6 Å². The highest BCUT2D eigenvalue weighted by Crippen LogP contribution is 2.32. The van der Waals surface area contributed by atoms with Gasteiger partial charge in [0.15, 0.2) is 0 Å². The molecule has 0 bridgehead atoms. The molecule has 0 radical (unpaired) electrons. The molecule has 0 aromatic heterocycles. The van der Waals surface area contributed by atoms with Gasteiger partial charge in [0.05, 0.1) is 5.56 Å². The van der Waals surface area contributed by atoms with Gasteiger partial charge in [-0.3, -0.25) is 4.90 Å². The molecule has 0 saturated carbocycles. The van der Waals surface area contributed by atoms with Crippen molar-refractivity contribution < 1.29 is 27.5 Å². The van der Waals surface area contributed by atoms with E-state index in [0.29, 0.717) is 38.3 Å². The topological polar surface area (TPSA) is 68.0 Å². The van der Waals surface area contributed by atoms with E-state index in [1.54, 1.807) is 25.7 Å². The van der Waals surface area contributed by atoms with E-state index in [2.05, 4.69) is 4.84 Å². The van der Waals surface area contributed by atoms with Crippen LogP contribution in [0, 0.1) is 0 Å². The van der Waals surface area contributed by atoms with Crippen LogP contribution in [0.1, 0.15) is 31.9 Å². The lowest BCUT2D eigenvalue weighted by molar-refractivity contribution is -0.137. The van der Waals surface area contributed by atoms with Gasteiger partial charge in [0.25, 0.3) is 0 Å². The molecule has 1 aromatic carbocycles. The second kappa shape index (κ2) is 7.71. The highest BCUT2D eigenvalue weighted by Gasteiger charge is 2.32. The molecule has 1 aliphatic rings. The van der Waals surface area contributed by atoms with Crippen molar-refractivity contribution in [1.82, 2.24) is 9.80 Å². The molecule has 1 saturated heterocycles. The number of carbonyl (C=O) groups is 1. The maximum atomic E-state index is 13.0. The number of hydrogen-bond donors (Lipinski definition) is 1. The van der Waals surface area contributed by atoms with Crippen LogP contribution in [0.15, 0.2) is 18.2 Å². The SMILES string of the molecule is CC(C)(C)OC(=O)N1CCN(Cc2cc(ON)cc(C(F)(F)F)c2)CC1. The summed E-state index contributed by atoms with van der Waals surface area (Å²) in [6, 6.07) is 3.43. The van der Waals surface area contributed by atoms with Crippen LogP contribution >= 0.6 is 0 Å². The Kier molecular flexibility index (Phi) is 6.02. The molecule has 9 heteroatoms. The molecule has 6 nitrogen and oxygen atoms in total. The van der Waals surface area contributed by atoms with Crippen molar-refractivity contribution in [3.05, 3.63) is 29.3 Å². The van der Waals surface area contributed by atoms with Crippen LogP contribution in [-0.4, -0.2) is 47.7 Å². The van der Waals surface area contributed by atoms with Gasteiger partial charge in [-0.25, -0.2) is 4.79 Å². The Balaban J connectivity index is 1.98. The number of ether oxygens (including phenoxy) is 1. The van der Waals surface area contributed by atoms with Gasteiger partial charge in [0, 0.05) is 32.7 Å². The maximum absolute atomic E-state index is 13.0. The first-order valence-corrected chi connectivity index (χ1v) is 8.26. The van der Waals surface area contributed by atoms with Crippen LogP contribution in [0.4, 0.5) is 18.0 Å². The van der Waals surface area contributed by atoms with Gasteiger partial charge in [-0.2, -0.15) is 19.1 Å².